The molecular formula is C18H34O. The van der Waals surface area contributed by atoms with E-state index in [2.05, 4.69) is 27.7 Å². The van der Waals surface area contributed by atoms with Gasteiger partial charge in [0.1, 0.15) is 5.78 Å². The van der Waals surface area contributed by atoms with Gasteiger partial charge in [-0.2, -0.15) is 0 Å². The highest BCUT2D eigenvalue weighted by Gasteiger charge is 2.35. The predicted octanol–water partition coefficient (Wildman–Crippen LogP) is 5.62. The third-order valence-corrected chi connectivity index (χ3v) is 5.28. The molecule has 1 aliphatic rings. The van der Waals surface area contributed by atoms with Crippen molar-refractivity contribution in [2.45, 2.75) is 85.5 Å². The highest BCUT2D eigenvalue weighted by Crippen LogP contribution is 2.39. The van der Waals surface area contributed by atoms with Crippen molar-refractivity contribution in [3.63, 3.8) is 0 Å². The SMILES string of the molecule is CCCC(CC)C(C(=O)C(C)CC)C1CCCCC1. The van der Waals surface area contributed by atoms with Crippen molar-refractivity contribution in [3.05, 3.63) is 0 Å². The lowest BCUT2D eigenvalue weighted by molar-refractivity contribution is -0.131. The van der Waals surface area contributed by atoms with E-state index in [0.29, 0.717) is 23.5 Å². The molecule has 0 aromatic heterocycles. The summed E-state index contributed by atoms with van der Waals surface area (Å²) in [6, 6.07) is 0. The summed E-state index contributed by atoms with van der Waals surface area (Å²) in [7, 11) is 0. The Labute approximate surface area is 120 Å². The zero-order valence-electron chi connectivity index (χ0n) is 13.6. The maximum absolute atomic E-state index is 12.8. The van der Waals surface area contributed by atoms with Gasteiger partial charge < -0.3 is 0 Å². The van der Waals surface area contributed by atoms with Crippen molar-refractivity contribution in [1.29, 1.82) is 0 Å². The lowest BCUT2D eigenvalue weighted by atomic mass is 9.68. The van der Waals surface area contributed by atoms with Gasteiger partial charge in [-0.1, -0.05) is 66.2 Å². The highest BCUT2D eigenvalue weighted by atomic mass is 16.1. The molecule has 1 saturated carbocycles. The molecule has 0 radical (unpaired) electrons. The summed E-state index contributed by atoms with van der Waals surface area (Å²) in [6.07, 6.45) is 11.3. The topological polar surface area (TPSA) is 17.1 Å². The number of rotatable bonds is 8. The van der Waals surface area contributed by atoms with Crippen LogP contribution < -0.4 is 0 Å². The molecule has 3 unspecified atom stereocenters. The lowest BCUT2D eigenvalue weighted by Gasteiger charge is -2.36. The van der Waals surface area contributed by atoms with Gasteiger partial charge in [-0.3, -0.25) is 4.79 Å². The molecule has 112 valence electrons. The van der Waals surface area contributed by atoms with Gasteiger partial charge in [-0.25, -0.2) is 0 Å². The van der Waals surface area contributed by atoms with Crippen LogP contribution in [0, 0.1) is 23.7 Å². The van der Waals surface area contributed by atoms with Gasteiger partial charge in [-0.15, -0.1) is 0 Å². The molecule has 0 bridgehead atoms. The van der Waals surface area contributed by atoms with Gasteiger partial charge >= 0.3 is 0 Å². The van der Waals surface area contributed by atoms with Crippen molar-refractivity contribution < 1.29 is 4.79 Å². The van der Waals surface area contributed by atoms with E-state index in [1.54, 1.807) is 0 Å². The minimum absolute atomic E-state index is 0.262. The smallest absolute Gasteiger partial charge is 0.139 e. The molecule has 3 atom stereocenters. The molecule has 0 heterocycles. The number of carbonyl (C=O) groups excluding carboxylic acids is 1. The van der Waals surface area contributed by atoms with Gasteiger partial charge in [0.2, 0.25) is 0 Å². The Morgan fingerprint density at radius 1 is 1.05 bits per heavy atom. The third-order valence-electron chi connectivity index (χ3n) is 5.28. The molecule has 0 saturated heterocycles. The van der Waals surface area contributed by atoms with Gasteiger partial charge in [0.25, 0.3) is 0 Å². The van der Waals surface area contributed by atoms with Crippen LogP contribution in [0.25, 0.3) is 0 Å². The molecule has 1 heteroatoms. The molecular weight excluding hydrogens is 232 g/mol. The first-order chi connectivity index (χ1) is 9.15. The summed E-state index contributed by atoms with van der Waals surface area (Å²) in [5.74, 6) is 2.52. The van der Waals surface area contributed by atoms with Crippen LogP contribution in [-0.2, 0) is 4.79 Å². The second-order valence-electron chi connectivity index (χ2n) is 6.59. The fourth-order valence-electron chi connectivity index (χ4n) is 3.88. The van der Waals surface area contributed by atoms with E-state index in [0.717, 1.165) is 6.42 Å². The van der Waals surface area contributed by atoms with Gasteiger partial charge in [0.15, 0.2) is 0 Å². The van der Waals surface area contributed by atoms with E-state index in [1.807, 2.05) is 0 Å². The largest absolute Gasteiger partial charge is 0.299 e. The summed E-state index contributed by atoms with van der Waals surface area (Å²) < 4.78 is 0. The van der Waals surface area contributed by atoms with Gasteiger partial charge in [0.05, 0.1) is 0 Å². The first-order valence-corrected chi connectivity index (χ1v) is 8.69. The summed E-state index contributed by atoms with van der Waals surface area (Å²) in [4.78, 5) is 12.8. The maximum atomic E-state index is 12.8. The average molecular weight is 266 g/mol. The van der Waals surface area contributed by atoms with Crippen molar-refractivity contribution >= 4 is 5.78 Å². The van der Waals surface area contributed by atoms with Crippen LogP contribution in [0.1, 0.15) is 85.5 Å². The number of Topliss-reactive ketones (excluding diaryl/α,β-unsaturated/α-hetero) is 1. The number of carbonyl (C=O) groups is 1. The van der Waals surface area contributed by atoms with Crippen molar-refractivity contribution in [3.8, 4) is 0 Å². The molecule has 0 aliphatic heterocycles. The quantitative estimate of drug-likeness (QED) is 0.557. The second kappa shape index (κ2) is 8.76. The van der Waals surface area contributed by atoms with Crippen molar-refractivity contribution in [1.82, 2.24) is 0 Å². The first-order valence-electron chi connectivity index (χ1n) is 8.69. The van der Waals surface area contributed by atoms with Crippen LogP contribution in [0.2, 0.25) is 0 Å². The molecule has 1 rings (SSSR count). The molecule has 1 fully saturated rings. The first kappa shape index (κ1) is 16.7. The minimum atomic E-state index is 0.262. The molecule has 0 spiro atoms. The van der Waals surface area contributed by atoms with E-state index < -0.39 is 0 Å². The number of ketones is 1. The summed E-state index contributed by atoms with van der Waals surface area (Å²) in [5.41, 5.74) is 0. The lowest BCUT2D eigenvalue weighted by Crippen LogP contribution is -2.35. The molecule has 19 heavy (non-hydrogen) atoms. The van der Waals surface area contributed by atoms with Crippen LogP contribution in [-0.4, -0.2) is 5.78 Å². The Hall–Kier alpha value is -0.330. The molecule has 0 aromatic rings. The van der Waals surface area contributed by atoms with E-state index in [4.69, 9.17) is 0 Å². The highest BCUT2D eigenvalue weighted by molar-refractivity contribution is 5.83. The zero-order chi connectivity index (χ0) is 14.3. The van der Waals surface area contributed by atoms with Crippen LogP contribution in [0.5, 0.6) is 0 Å². The summed E-state index contributed by atoms with van der Waals surface area (Å²) in [5, 5.41) is 0. The van der Waals surface area contributed by atoms with E-state index in [9.17, 15) is 4.79 Å². The van der Waals surface area contributed by atoms with E-state index >= 15 is 0 Å². The van der Waals surface area contributed by atoms with Crippen LogP contribution in [0.3, 0.4) is 0 Å². The Morgan fingerprint density at radius 3 is 2.16 bits per heavy atom. The fourth-order valence-corrected chi connectivity index (χ4v) is 3.88. The normalized spacial score (nSPS) is 21.9. The number of hydrogen-bond donors (Lipinski definition) is 0. The predicted molar refractivity (Wildman–Crippen MR) is 83.2 cm³/mol. The molecule has 0 aromatic carbocycles. The molecule has 0 amide bonds. The Kier molecular flexibility index (Phi) is 7.71. The van der Waals surface area contributed by atoms with Gasteiger partial charge in [0, 0.05) is 11.8 Å². The summed E-state index contributed by atoms with van der Waals surface area (Å²) in [6.45, 7) is 8.83. The Balaban J connectivity index is 2.84. The van der Waals surface area contributed by atoms with E-state index in [1.165, 1.54) is 51.4 Å². The standard InChI is InChI=1S/C18H34O/c1-5-11-15(7-3)17(18(19)14(4)6-2)16-12-9-8-10-13-16/h14-17H,5-13H2,1-4H3. The average Bonchev–Trinajstić information content (AvgIpc) is 2.46. The van der Waals surface area contributed by atoms with Crippen LogP contribution in [0.4, 0.5) is 0 Å². The molecule has 1 aliphatic carbocycles. The van der Waals surface area contributed by atoms with Crippen molar-refractivity contribution in [2.75, 3.05) is 0 Å². The monoisotopic (exact) mass is 266 g/mol. The second-order valence-corrected chi connectivity index (χ2v) is 6.59. The van der Waals surface area contributed by atoms with Crippen molar-refractivity contribution in [2.24, 2.45) is 23.7 Å². The zero-order valence-corrected chi connectivity index (χ0v) is 13.6. The van der Waals surface area contributed by atoms with Crippen LogP contribution in [0.15, 0.2) is 0 Å². The van der Waals surface area contributed by atoms with Gasteiger partial charge in [-0.05, 0) is 31.1 Å². The maximum Gasteiger partial charge on any atom is 0.139 e. The minimum Gasteiger partial charge on any atom is -0.299 e. The molecule has 0 N–H and O–H groups in total. The van der Waals surface area contributed by atoms with E-state index in [-0.39, 0.29) is 5.92 Å². The summed E-state index contributed by atoms with van der Waals surface area (Å²) >= 11 is 0. The Bertz CT molecular complexity index is 248. The third kappa shape index (κ3) is 4.61. The fraction of sp³-hybridized carbons (Fsp3) is 0.944. The number of hydrogen-bond acceptors (Lipinski definition) is 1. The Morgan fingerprint density at radius 2 is 1.68 bits per heavy atom. The van der Waals surface area contributed by atoms with Crippen LogP contribution >= 0.6 is 0 Å². The molecule has 1 nitrogen and oxygen atoms in total.